The number of rotatable bonds is 3. The molecule has 0 unspecified atom stereocenters. The molecule has 2 rings (SSSR count). The maximum atomic E-state index is 12.2. The van der Waals surface area contributed by atoms with Crippen molar-refractivity contribution in [3.05, 3.63) is 27.7 Å². The Hall–Kier alpha value is -0.930. The van der Waals surface area contributed by atoms with Crippen molar-refractivity contribution in [2.24, 2.45) is 5.92 Å². The summed E-state index contributed by atoms with van der Waals surface area (Å²) in [5.74, 6) is 0.416. The molecule has 1 aromatic carbocycles. The molecule has 1 fully saturated rings. The third-order valence-electron chi connectivity index (χ3n) is 4.06. The van der Waals surface area contributed by atoms with Gasteiger partial charge in [-0.2, -0.15) is 0 Å². The average Bonchev–Trinajstić information content (AvgIpc) is 2.45. The smallest absolute Gasteiger partial charge is 0.251 e. The van der Waals surface area contributed by atoms with Gasteiger partial charge in [-0.3, -0.25) is 4.79 Å². The number of nitrogens with two attached hydrogens (primary N) is 1. The average molecular weight is 315 g/mol. The zero-order valence-corrected chi connectivity index (χ0v) is 13.1. The summed E-state index contributed by atoms with van der Waals surface area (Å²) in [6, 6.07) is 3.29. The van der Waals surface area contributed by atoms with Gasteiger partial charge in [0, 0.05) is 11.6 Å². The lowest BCUT2D eigenvalue weighted by atomic mass is 9.84. The van der Waals surface area contributed by atoms with E-state index in [-0.39, 0.29) is 11.9 Å². The van der Waals surface area contributed by atoms with Gasteiger partial charge in [-0.05, 0) is 37.8 Å². The number of nitrogens with one attached hydrogen (secondary N) is 1. The van der Waals surface area contributed by atoms with Crippen LogP contribution in [0.3, 0.4) is 0 Å². The van der Waals surface area contributed by atoms with E-state index >= 15 is 0 Å². The quantitative estimate of drug-likeness (QED) is 0.818. The molecule has 0 aromatic heterocycles. The van der Waals surface area contributed by atoms with E-state index in [2.05, 4.69) is 12.2 Å². The van der Waals surface area contributed by atoms with E-state index in [9.17, 15) is 4.79 Å². The van der Waals surface area contributed by atoms with E-state index in [1.807, 2.05) is 0 Å². The van der Waals surface area contributed by atoms with E-state index in [1.165, 1.54) is 32.1 Å². The molecule has 1 atom stereocenters. The highest BCUT2D eigenvalue weighted by molar-refractivity contribution is 6.39. The van der Waals surface area contributed by atoms with Gasteiger partial charge >= 0.3 is 0 Å². The molecule has 20 heavy (non-hydrogen) atoms. The van der Waals surface area contributed by atoms with Crippen molar-refractivity contribution < 1.29 is 4.79 Å². The van der Waals surface area contributed by atoms with E-state index in [0.29, 0.717) is 27.2 Å². The molecule has 3 nitrogen and oxygen atoms in total. The minimum absolute atomic E-state index is 0.146. The molecule has 0 spiro atoms. The molecule has 1 aliphatic rings. The van der Waals surface area contributed by atoms with Crippen LogP contribution in [0.15, 0.2) is 12.1 Å². The second-order valence-electron chi connectivity index (χ2n) is 5.51. The first-order valence-electron chi connectivity index (χ1n) is 7.04. The second-order valence-corrected chi connectivity index (χ2v) is 6.33. The number of anilines is 1. The maximum absolute atomic E-state index is 12.2. The highest BCUT2D eigenvalue weighted by Gasteiger charge is 2.22. The summed E-state index contributed by atoms with van der Waals surface area (Å²) in [6.07, 6.45) is 6.19. The summed E-state index contributed by atoms with van der Waals surface area (Å²) in [7, 11) is 0. The number of benzene rings is 1. The summed E-state index contributed by atoms with van der Waals surface area (Å²) >= 11 is 11.9. The van der Waals surface area contributed by atoms with Gasteiger partial charge in [0.2, 0.25) is 0 Å². The Balaban J connectivity index is 2.04. The van der Waals surface area contributed by atoms with Gasteiger partial charge in [-0.15, -0.1) is 0 Å². The molecule has 5 heteroatoms. The molecule has 3 N–H and O–H groups in total. The Morgan fingerprint density at radius 3 is 2.35 bits per heavy atom. The van der Waals surface area contributed by atoms with Crippen LogP contribution < -0.4 is 11.1 Å². The van der Waals surface area contributed by atoms with E-state index in [0.717, 1.165) is 0 Å². The standard InChI is InChI=1S/C15H20Cl2N2O/c1-9(10-5-3-2-4-6-10)19-15(20)11-7-12(16)14(18)13(17)8-11/h7-10H,2-6,18H2,1H3,(H,19,20)/t9-/m0/s1. The number of amides is 1. The zero-order chi connectivity index (χ0) is 14.7. The van der Waals surface area contributed by atoms with Crippen LogP contribution in [-0.4, -0.2) is 11.9 Å². The van der Waals surface area contributed by atoms with Crippen molar-refractivity contribution in [2.75, 3.05) is 5.73 Å². The Morgan fingerprint density at radius 2 is 1.80 bits per heavy atom. The molecular weight excluding hydrogens is 295 g/mol. The number of hydrogen-bond acceptors (Lipinski definition) is 2. The topological polar surface area (TPSA) is 55.1 Å². The first-order valence-corrected chi connectivity index (χ1v) is 7.80. The number of halogens is 2. The highest BCUT2D eigenvalue weighted by Crippen LogP contribution is 2.29. The summed E-state index contributed by atoms with van der Waals surface area (Å²) in [5.41, 5.74) is 6.44. The van der Waals surface area contributed by atoms with Gasteiger partial charge in [0.05, 0.1) is 15.7 Å². The van der Waals surface area contributed by atoms with Gasteiger partial charge in [0.25, 0.3) is 5.91 Å². The summed E-state index contributed by atoms with van der Waals surface area (Å²) in [6.45, 7) is 2.06. The Morgan fingerprint density at radius 1 is 1.25 bits per heavy atom. The summed E-state index contributed by atoms with van der Waals surface area (Å²) in [5, 5.41) is 3.67. The van der Waals surface area contributed by atoms with Crippen LogP contribution in [0.25, 0.3) is 0 Å². The molecule has 0 radical (unpaired) electrons. The van der Waals surface area contributed by atoms with Gasteiger partial charge in [0.15, 0.2) is 0 Å². The molecule has 1 aliphatic carbocycles. The van der Waals surface area contributed by atoms with Crippen LogP contribution in [0.5, 0.6) is 0 Å². The first kappa shape index (κ1) is 15.5. The van der Waals surface area contributed by atoms with Crippen molar-refractivity contribution >= 4 is 34.8 Å². The van der Waals surface area contributed by atoms with Crippen molar-refractivity contribution in [1.82, 2.24) is 5.32 Å². The van der Waals surface area contributed by atoms with Crippen molar-refractivity contribution in [1.29, 1.82) is 0 Å². The van der Waals surface area contributed by atoms with Gasteiger partial charge in [0.1, 0.15) is 0 Å². The molecule has 0 saturated heterocycles. The Labute approximate surface area is 129 Å². The SMILES string of the molecule is C[C@H](NC(=O)c1cc(Cl)c(N)c(Cl)c1)C1CCCCC1. The lowest BCUT2D eigenvalue weighted by molar-refractivity contribution is 0.0919. The minimum Gasteiger partial charge on any atom is -0.396 e. The van der Waals surface area contributed by atoms with Crippen LogP contribution in [-0.2, 0) is 0 Å². The van der Waals surface area contributed by atoms with Crippen molar-refractivity contribution in [2.45, 2.75) is 45.1 Å². The fourth-order valence-corrected chi connectivity index (χ4v) is 3.24. The van der Waals surface area contributed by atoms with Crippen LogP contribution in [0, 0.1) is 5.92 Å². The minimum atomic E-state index is -0.146. The molecule has 0 heterocycles. The predicted octanol–water partition coefficient (Wildman–Crippen LogP) is 4.27. The highest BCUT2D eigenvalue weighted by atomic mass is 35.5. The summed E-state index contributed by atoms with van der Waals surface area (Å²) < 4.78 is 0. The maximum Gasteiger partial charge on any atom is 0.251 e. The molecule has 0 bridgehead atoms. The zero-order valence-electron chi connectivity index (χ0n) is 11.6. The molecule has 110 valence electrons. The summed E-state index contributed by atoms with van der Waals surface area (Å²) in [4.78, 5) is 12.2. The number of carbonyl (C=O) groups is 1. The third-order valence-corrected chi connectivity index (χ3v) is 4.68. The van der Waals surface area contributed by atoms with Crippen LogP contribution in [0.4, 0.5) is 5.69 Å². The second kappa shape index (κ2) is 6.68. The van der Waals surface area contributed by atoms with Crippen molar-refractivity contribution in [3.8, 4) is 0 Å². The van der Waals surface area contributed by atoms with E-state index < -0.39 is 0 Å². The number of nitrogen functional groups attached to an aromatic ring is 1. The van der Waals surface area contributed by atoms with E-state index in [4.69, 9.17) is 28.9 Å². The van der Waals surface area contributed by atoms with Gasteiger partial charge in [-0.1, -0.05) is 42.5 Å². The molecule has 1 saturated carbocycles. The van der Waals surface area contributed by atoms with Crippen molar-refractivity contribution in [3.63, 3.8) is 0 Å². The molecule has 1 amide bonds. The lowest BCUT2D eigenvalue weighted by Crippen LogP contribution is -2.38. The molecule has 0 aliphatic heterocycles. The monoisotopic (exact) mass is 314 g/mol. The largest absolute Gasteiger partial charge is 0.396 e. The van der Waals surface area contributed by atoms with E-state index in [1.54, 1.807) is 12.1 Å². The fourth-order valence-electron chi connectivity index (χ4n) is 2.76. The molecular formula is C15H20Cl2N2O. The Kier molecular flexibility index (Phi) is 5.17. The van der Waals surface area contributed by atoms with Gasteiger partial charge in [-0.25, -0.2) is 0 Å². The van der Waals surface area contributed by atoms with Crippen LogP contribution in [0.1, 0.15) is 49.4 Å². The normalized spacial score (nSPS) is 17.8. The lowest BCUT2D eigenvalue weighted by Gasteiger charge is -2.28. The third kappa shape index (κ3) is 3.58. The fraction of sp³-hybridized carbons (Fsp3) is 0.533. The van der Waals surface area contributed by atoms with Gasteiger partial charge < -0.3 is 11.1 Å². The van der Waals surface area contributed by atoms with Crippen LogP contribution in [0.2, 0.25) is 10.0 Å². The number of carbonyl (C=O) groups excluding carboxylic acids is 1. The van der Waals surface area contributed by atoms with Crippen LogP contribution >= 0.6 is 23.2 Å². The molecule has 1 aromatic rings. The Bertz CT molecular complexity index is 476. The first-order chi connectivity index (χ1) is 9.49. The predicted molar refractivity (Wildman–Crippen MR) is 84.4 cm³/mol. The number of hydrogen-bond donors (Lipinski definition) is 2.